The van der Waals surface area contributed by atoms with Crippen molar-refractivity contribution in [2.75, 3.05) is 5.32 Å². The molecule has 0 amide bonds. The van der Waals surface area contributed by atoms with Crippen LogP contribution < -0.4 is 5.32 Å². The van der Waals surface area contributed by atoms with E-state index in [1.54, 1.807) is 0 Å². The minimum Gasteiger partial charge on any atom is -0.377 e. The van der Waals surface area contributed by atoms with Crippen LogP contribution in [0.4, 0.5) is 5.69 Å². The summed E-state index contributed by atoms with van der Waals surface area (Å²) in [7, 11) is 0. The molecule has 1 N–H and O–H groups in total. The van der Waals surface area contributed by atoms with Gasteiger partial charge in [-0.15, -0.1) is 0 Å². The second-order valence-corrected chi connectivity index (χ2v) is 5.86. The Hall–Kier alpha value is -1.18. The maximum absolute atomic E-state index is 6.27. The number of halogens is 2. The highest BCUT2D eigenvalue weighted by atomic mass is 35.5. The highest BCUT2D eigenvalue weighted by molar-refractivity contribution is 6.33. The molecule has 2 rings (SSSR count). The number of anilines is 1. The van der Waals surface area contributed by atoms with Crippen LogP contribution in [0.2, 0.25) is 10.0 Å². The number of nitrogens with one attached hydrogen (secondary N) is 1. The predicted octanol–water partition coefficient (Wildman–Crippen LogP) is 6.26. The lowest BCUT2D eigenvalue weighted by molar-refractivity contribution is 0.677. The topological polar surface area (TPSA) is 12.0 Å². The molecule has 0 aliphatic rings. The molecule has 0 saturated heterocycles. The largest absolute Gasteiger partial charge is 0.377 e. The third-order valence-corrected chi connectivity index (χ3v) is 3.88. The number of hydrogen-bond donors (Lipinski definition) is 1. The van der Waals surface area contributed by atoms with Crippen molar-refractivity contribution in [1.82, 2.24) is 0 Å². The fraction of sp³-hybridized carbons (Fsp3) is 0.294. The van der Waals surface area contributed by atoms with Crippen molar-refractivity contribution in [3.63, 3.8) is 0 Å². The summed E-state index contributed by atoms with van der Waals surface area (Å²) in [5, 5.41) is 5.07. The molecule has 0 spiro atoms. The predicted molar refractivity (Wildman–Crippen MR) is 88.9 cm³/mol. The summed E-state index contributed by atoms with van der Waals surface area (Å²) in [6.07, 6.45) is 2.15. The minimum absolute atomic E-state index is 0.247. The Morgan fingerprint density at radius 1 is 1.05 bits per heavy atom. The van der Waals surface area contributed by atoms with Crippen molar-refractivity contribution in [2.45, 2.75) is 32.7 Å². The summed E-state index contributed by atoms with van der Waals surface area (Å²) in [4.78, 5) is 0. The molecule has 2 aromatic carbocycles. The van der Waals surface area contributed by atoms with E-state index in [1.165, 1.54) is 11.1 Å². The van der Waals surface area contributed by atoms with Crippen molar-refractivity contribution in [3.8, 4) is 0 Å². The zero-order valence-electron chi connectivity index (χ0n) is 11.8. The fourth-order valence-electron chi connectivity index (χ4n) is 2.24. The molecule has 0 aliphatic heterocycles. The van der Waals surface area contributed by atoms with Crippen molar-refractivity contribution >= 4 is 28.9 Å². The van der Waals surface area contributed by atoms with Gasteiger partial charge < -0.3 is 5.32 Å². The van der Waals surface area contributed by atoms with Crippen LogP contribution in [0.1, 0.15) is 36.9 Å². The molecule has 0 fully saturated rings. The van der Waals surface area contributed by atoms with Gasteiger partial charge >= 0.3 is 0 Å². The quantitative estimate of drug-likeness (QED) is 0.688. The molecule has 0 bridgehead atoms. The highest BCUT2D eigenvalue weighted by Gasteiger charge is 2.12. The zero-order chi connectivity index (χ0) is 14.5. The highest BCUT2D eigenvalue weighted by Crippen LogP contribution is 2.30. The molecular formula is C17H19Cl2N. The SMILES string of the molecule is CCCC(Nc1cc(C)ccc1Cl)c1ccc(Cl)cc1. The number of benzene rings is 2. The van der Waals surface area contributed by atoms with E-state index >= 15 is 0 Å². The van der Waals surface area contributed by atoms with Gasteiger partial charge in [0.2, 0.25) is 0 Å². The molecule has 1 unspecified atom stereocenters. The standard InChI is InChI=1S/C17H19Cl2N/c1-3-4-16(13-6-8-14(18)9-7-13)20-17-11-12(2)5-10-15(17)19/h5-11,16,20H,3-4H2,1-2H3. The van der Waals surface area contributed by atoms with E-state index < -0.39 is 0 Å². The zero-order valence-corrected chi connectivity index (χ0v) is 13.3. The van der Waals surface area contributed by atoms with Gasteiger partial charge in [0.1, 0.15) is 0 Å². The van der Waals surface area contributed by atoms with Gasteiger partial charge in [0.25, 0.3) is 0 Å². The average Bonchev–Trinajstić information content (AvgIpc) is 2.43. The molecular weight excluding hydrogens is 289 g/mol. The van der Waals surface area contributed by atoms with Crippen molar-refractivity contribution in [1.29, 1.82) is 0 Å². The monoisotopic (exact) mass is 307 g/mol. The summed E-state index contributed by atoms with van der Waals surface area (Å²) in [5.41, 5.74) is 3.41. The number of rotatable bonds is 5. The lowest BCUT2D eigenvalue weighted by atomic mass is 10.0. The molecule has 0 radical (unpaired) electrons. The summed E-state index contributed by atoms with van der Waals surface area (Å²) < 4.78 is 0. The molecule has 106 valence electrons. The maximum atomic E-state index is 6.27. The van der Waals surface area contributed by atoms with E-state index in [0.29, 0.717) is 0 Å². The van der Waals surface area contributed by atoms with Crippen LogP contribution >= 0.6 is 23.2 Å². The van der Waals surface area contributed by atoms with Crippen LogP contribution in [-0.4, -0.2) is 0 Å². The Morgan fingerprint density at radius 2 is 1.75 bits per heavy atom. The number of hydrogen-bond acceptors (Lipinski definition) is 1. The van der Waals surface area contributed by atoms with E-state index in [9.17, 15) is 0 Å². The van der Waals surface area contributed by atoms with E-state index in [1.807, 2.05) is 24.3 Å². The third kappa shape index (κ3) is 3.91. The van der Waals surface area contributed by atoms with Gasteiger partial charge in [0.15, 0.2) is 0 Å². The van der Waals surface area contributed by atoms with E-state index in [0.717, 1.165) is 28.6 Å². The van der Waals surface area contributed by atoms with Gasteiger partial charge in [-0.3, -0.25) is 0 Å². The van der Waals surface area contributed by atoms with Crippen LogP contribution in [0.25, 0.3) is 0 Å². The summed E-state index contributed by atoms with van der Waals surface area (Å²) >= 11 is 12.2. The minimum atomic E-state index is 0.247. The number of aryl methyl sites for hydroxylation is 1. The Bertz CT molecular complexity index is 564. The van der Waals surface area contributed by atoms with Crippen LogP contribution in [0.15, 0.2) is 42.5 Å². The van der Waals surface area contributed by atoms with Gasteiger partial charge in [-0.25, -0.2) is 0 Å². The molecule has 0 aliphatic carbocycles. The molecule has 20 heavy (non-hydrogen) atoms. The molecule has 0 aromatic heterocycles. The van der Waals surface area contributed by atoms with Crippen LogP contribution in [0, 0.1) is 6.92 Å². The first-order valence-electron chi connectivity index (χ1n) is 6.88. The second-order valence-electron chi connectivity index (χ2n) is 5.02. The van der Waals surface area contributed by atoms with Crippen LogP contribution in [0.3, 0.4) is 0 Å². The van der Waals surface area contributed by atoms with Crippen molar-refractivity contribution in [2.24, 2.45) is 0 Å². The Kier molecular flexibility index (Phi) is 5.33. The van der Waals surface area contributed by atoms with Gasteiger partial charge in [-0.1, -0.05) is 54.7 Å². The first-order valence-corrected chi connectivity index (χ1v) is 7.64. The van der Waals surface area contributed by atoms with Crippen LogP contribution in [-0.2, 0) is 0 Å². The van der Waals surface area contributed by atoms with Crippen molar-refractivity contribution in [3.05, 3.63) is 63.6 Å². The molecule has 1 nitrogen and oxygen atoms in total. The maximum Gasteiger partial charge on any atom is 0.0637 e. The molecule has 0 saturated carbocycles. The normalized spacial score (nSPS) is 12.2. The Labute approximate surface area is 130 Å². The Balaban J connectivity index is 2.25. The molecule has 0 heterocycles. The first-order chi connectivity index (χ1) is 9.60. The lowest BCUT2D eigenvalue weighted by Gasteiger charge is -2.21. The van der Waals surface area contributed by atoms with Gasteiger partial charge in [0.05, 0.1) is 16.8 Å². The Morgan fingerprint density at radius 3 is 2.40 bits per heavy atom. The van der Waals surface area contributed by atoms with Crippen LogP contribution in [0.5, 0.6) is 0 Å². The lowest BCUT2D eigenvalue weighted by Crippen LogP contribution is -2.11. The molecule has 1 atom stereocenters. The summed E-state index contributed by atoms with van der Waals surface area (Å²) in [6, 6.07) is 14.3. The van der Waals surface area contributed by atoms with E-state index in [4.69, 9.17) is 23.2 Å². The second kappa shape index (κ2) is 7.01. The third-order valence-electron chi connectivity index (χ3n) is 3.30. The summed E-state index contributed by atoms with van der Waals surface area (Å²) in [6.45, 7) is 4.25. The van der Waals surface area contributed by atoms with Gasteiger partial charge in [-0.05, 0) is 48.7 Å². The summed E-state index contributed by atoms with van der Waals surface area (Å²) in [5.74, 6) is 0. The molecule has 3 heteroatoms. The van der Waals surface area contributed by atoms with Gasteiger partial charge in [-0.2, -0.15) is 0 Å². The van der Waals surface area contributed by atoms with E-state index in [-0.39, 0.29) is 6.04 Å². The van der Waals surface area contributed by atoms with E-state index in [2.05, 4.69) is 37.4 Å². The smallest absolute Gasteiger partial charge is 0.0637 e. The van der Waals surface area contributed by atoms with Gasteiger partial charge in [0, 0.05) is 5.02 Å². The first kappa shape index (κ1) is 15.2. The molecule has 2 aromatic rings. The average molecular weight is 308 g/mol. The fourth-order valence-corrected chi connectivity index (χ4v) is 2.54. The van der Waals surface area contributed by atoms with Crippen molar-refractivity contribution < 1.29 is 0 Å².